The summed E-state index contributed by atoms with van der Waals surface area (Å²) in [6, 6.07) is 18.2. The Morgan fingerprint density at radius 1 is 0.917 bits per heavy atom. The third-order valence-electron chi connectivity index (χ3n) is 3.59. The minimum absolute atomic E-state index is 0.0108. The zero-order valence-corrected chi connectivity index (χ0v) is 13.3. The lowest BCUT2D eigenvalue weighted by Gasteiger charge is -2.23. The SMILES string of the molecule is NC(=O)c1ccccc1N(c1ccc2ccccc2c1)S(=O)(=O)O. The van der Waals surface area contributed by atoms with Crippen LogP contribution in [-0.2, 0) is 10.3 Å². The predicted octanol–water partition coefficient (Wildman–Crippen LogP) is 2.88. The number of rotatable bonds is 4. The van der Waals surface area contributed by atoms with Gasteiger partial charge in [0.2, 0.25) is 0 Å². The van der Waals surface area contributed by atoms with Crippen LogP contribution in [0.3, 0.4) is 0 Å². The highest BCUT2D eigenvalue weighted by molar-refractivity contribution is 7.87. The third-order valence-corrected chi connectivity index (χ3v) is 4.46. The maximum atomic E-state index is 12.0. The molecule has 1 amide bonds. The number of amides is 1. The van der Waals surface area contributed by atoms with Crippen LogP contribution in [0.15, 0.2) is 66.7 Å². The smallest absolute Gasteiger partial charge is 0.364 e. The number of carbonyl (C=O) groups is 1. The summed E-state index contributed by atoms with van der Waals surface area (Å²) in [5.41, 5.74) is 5.50. The summed E-state index contributed by atoms with van der Waals surface area (Å²) >= 11 is 0. The van der Waals surface area contributed by atoms with E-state index in [1.807, 2.05) is 24.3 Å². The molecule has 0 spiro atoms. The van der Waals surface area contributed by atoms with Gasteiger partial charge in [-0.2, -0.15) is 8.42 Å². The first-order chi connectivity index (χ1) is 11.4. The van der Waals surface area contributed by atoms with Crippen LogP contribution in [0.5, 0.6) is 0 Å². The molecule has 3 rings (SSSR count). The van der Waals surface area contributed by atoms with E-state index >= 15 is 0 Å². The molecule has 7 heteroatoms. The highest BCUT2D eigenvalue weighted by Crippen LogP contribution is 2.33. The maximum absolute atomic E-state index is 12.0. The Balaban J connectivity index is 2.26. The highest BCUT2D eigenvalue weighted by atomic mass is 32.2. The first kappa shape index (κ1) is 16.0. The van der Waals surface area contributed by atoms with E-state index in [9.17, 15) is 17.8 Å². The molecule has 0 aromatic heterocycles. The van der Waals surface area contributed by atoms with Crippen molar-refractivity contribution in [3.05, 3.63) is 72.3 Å². The van der Waals surface area contributed by atoms with Gasteiger partial charge in [0.05, 0.1) is 16.9 Å². The number of nitrogens with two attached hydrogens (primary N) is 1. The van der Waals surface area contributed by atoms with E-state index in [-0.39, 0.29) is 16.9 Å². The van der Waals surface area contributed by atoms with Gasteiger partial charge in [0.1, 0.15) is 0 Å². The van der Waals surface area contributed by atoms with Gasteiger partial charge in [-0.25, -0.2) is 4.31 Å². The minimum Gasteiger partial charge on any atom is -0.366 e. The maximum Gasteiger partial charge on any atom is 0.364 e. The number of hydrogen-bond acceptors (Lipinski definition) is 3. The Kier molecular flexibility index (Phi) is 3.96. The molecular formula is C17H14N2O4S. The average Bonchev–Trinajstić information content (AvgIpc) is 2.54. The Hall–Kier alpha value is -2.90. The van der Waals surface area contributed by atoms with Gasteiger partial charge in [-0.3, -0.25) is 9.35 Å². The van der Waals surface area contributed by atoms with Gasteiger partial charge in [-0.05, 0) is 35.0 Å². The Morgan fingerprint density at radius 3 is 2.21 bits per heavy atom. The van der Waals surface area contributed by atoms with Crippen LogP contribution in [0.25, 0.3) is 10.8 Å². The molecule has 3 aromatic carbocycles. The number of hydrogen-bond donors (Lipinski definition) is 2. The van der Waals surface area contributed by atoms with E-state index in [0.717, 1.165) is 10.8 Å². The predicted molar refractivity (Wildman–Crippen MR) is 92.6 cm³/mol. The summed E-state index contributed by atoms with van der Waals surface area (Å²) in [7, 11) is -4.67. The number of para-hydroxylation sites is 1. The van der Waals surface area contributed by atoms with Crippen molar-refractivity contribution in [3.63, 3.8) is 0 Å². The molecule has 122 valence electrons. The first-order valence-electron chi connectivity index (χ1n) is 7.03. The number of fused-ring (bicyclic) bond motifs is 1. The molecule has 0 atom stereocenters. The van der Waals surface area contributed by atoms with Gasteiger partial charge in [0.25, 0.3) is 5.91 Å². The molecule has 0 saturated carbocycles. The van der Waals surface area contributed by atoms with E-state index in [1.165, 1.54) is 12.1 Å². The Morgan fingerprint density at radius 2 is 1.54 bits per heavy atom. The lowest BCUT2D eigenvalue weighted by molar-refractivity contribution is 0.100. The number of primary amides is 1. The van der Waals surface area contributed by atoms with E-state index in [2.05, 4.69) is 0 Å². The standard InChI is InChI=1S/C17H14N2O4S/c18-17(20)15-7-3-4-8-16(15)19(24(21,22)23)14-10-9-12-5-1-2-6-13(12)11-14/h1-11H,(H2,18,20)(H,21,22,23). The summed E-state index contributed by atoms with van der Waals surface area (Å²) in [6.45, 7) is 0. The molecule has 0 unspecified atom stereocenters. The van der Waals surface area contributed by atoms with Crippen LogP contribution in [-0.4, -0.2) is 18.9 Å². The molecule has 0 aliphatic rings. The molecule has 24 heavy (non-hydrogen) atoms. The molecule has 3 N–H and O–H groups in total. The van der Waals surface area contributed by atoms with Crippen LogP contribution in [0.2, 0.25) is 0 Å². The summed E-state index contributed by atoms with van der Waals surface area (Å²) in [4.78, 5) is 11.6. The number of carbonyl (C=O) groups excluding carboxylic acids is 1. The zero-order chi connectivity index (χ0) is 17.3. The molecule has 6 nitrogen and oxygen atoms in total. The second-order valence-corrected chi connectivity index (χ2v) is 6.42. The summed E-state index contributed by atoms with van der Waals surface area (Å²) in [5.74, 6) is -0.792. The fraction of sp³-hybridized carbons (Fsp3) is 0. The van der Waals surface area contributed by atoms with Gasteiger partial charge in [0, 0.05) is 0 Å². The summed E-state index contributed by atoms with van der Waals surface area (Å²) in [6.07, 6.45) is 0. The van der Waals surface area contributed by atoms with Gasteiger partial charge >= 0.3 is 10.3 Å². The van der Waals surface area contributed by atoms with Crippen LogP contribution in [0.4, 0.5) is 11.4 Å². The fourth-order valence-electron chi connectivity index (χ4n) is 2.56. The molecule has 0 radical (unpaired) electrons. The first-order valence-corrected chi connectivity index (χ1v) is 8.43. The van der Waals surface area contributed by atoms with E-state index < -0.39 is 16.2 Å². The lowest BCUT2D eigenvalue weighted by atomic mass is 10.1. The van der Waals surface area contributed by atoms with Crippen molar-refractivity contribution in [1.29, 1.82) is 0 Å². The molecule has 0 fully saturated rings. The Labute approximate surface area is 139 Å². The average molecular weight is 342 g/mol. The molecular weight excluding hydrogens is 328 g/mol. The molecule has 3 aromatic rings. The minimum atomic E-state index is -4.67. The molecule has 0 saturated heterocycles. The molecule has 0 aliphatic heterocycles. The third kappa shape index (κ3) is 2.94. The second-order valence-electron chi connectivity index (χ2n) is 5.16. The van der Waals surface area contributed by atoms with Crippen molar-refractivity contribution >= 4 is 38.4 Å². The van der Waals surface area contributed by atoms with Gasteiger partial charge in [-0.15, -0.1) is 0 Å². The van der Waals surface area contributed by atoms with Crippen LogP contribution in [0, 0.1) is 0 Å². The molecule has 0 heterocycles. The number of anilines is 2. The number of nitrogens with zero attached hydrogens (tertiary/aromatic N) is 1. The Bertz CT molecular complexity index is 1030. The number of benzene rings is 3. The van der Waals surface area contributed by atoms with Gasteiger partial charge < -0.3 is 5.73 Å². The summed E-state index contributed by atoms with van der Waals surface area (Å²) in [5, 5.41) is 1.71. The second kappa shape index (κ2) is 5.95. The normalized spacial score (nSPS) is 11.4. The summed E-state index contributed by atoms with van der Waals surface area (Å²) < 4.78 is 34.3. The van der Waals surface area contributed by atoms with E-state index in [1.54, 1.807) is 30.3 Å². The van der Waals surface area contributed by atoms with E-state index in [0.29, 0.717) is 4.31 Å². The van der Waals surface area contributed by atoms with Crippen molar-refractivity contribution in [2.45, 2.75) is 0 Å². The van der Waals surface area contributed by atoms with Crippen molar-refractivity contribution in [2.75, 3.05) is 4.31 Å². The topological polar surface area (TPSA) is 101 Å². The largest absolute Gasteiger partial charge is 0.366 e. The molecule has 0 aliphatic carbocycles. The van der Waals surface area contributed by atoms with E-state index in [4.69, 9.17) is 5.73 Å². The van der Waals surface area contributed by atoms with Crippen LogP contribution in [0.1, 0.15) is 10.4 Å². The van der Waals surface area contributed by atoms with Crippen molar-refractivity contribution in [3.8, 4) is 0 Å². The molecule has 0 bridgehead atoms. The lowest BCUT2D eigenvalue weighted by Crippen LogP contribution is -2.28. The van der Waals surface area contributed by atoms with Crippen molar-refractivity contribution < 1.29 is 17.8 Å². The van der Waals surface area contributed by atoms with Crippen molar-refractivity contribution in [1.82, 2.24) is 0 Å². The van der Waals surface area contributed by atoms with Crippen molar-refractivity contribution in [2.24, 2.45) is 5.73 Å². The van der Waals surface area contributed by atoms with Gasteiger partial charge in [-0.1, -0.05) is 42.5 Å². The monoisotopic (exact) mass is 342 g/mol. The zero-order valence-electron chi connectivity index (χ0n) is 12.5. The quantitative estimate of drug-likeness (QED) is 0.712. The highest BCUT2D eigenvalue weighted by Gasteiger charge is 2.25. The van der Waals surface area contributed by atoms with Crippen LogP contribution < -0.4 is 10.0 Å². The van der Waals surface area contributed by atoms with Gasteiger partial charge in [0.15, 0.2) is 0 Å². The fourth-order valence-corrected chi connectivity index (χ4v) is 3.35. The van der Waals surface area contributed by atoms with Crippen LogP contribution >= 0.6 is 0 Å².